The predicted octanol–water partition coefficient (Wildman–Crippen LogP) is 1.41. The van der Waals surface area contributed by atoms with E-state index in [2.05, 4.69) is 5.10 Å². The standard InChI is InChI=1S/C11H17N3O/c12-10-6-7-11(15)14(13-10)8-9-4-2-1-3-5-9/h6-7,9H,1-5,8H2,(H2,12,13). The molecule has 1 aliphatic carbocycles. The van der Waals surface area contributed by atoms with Crippen LogP contribution >= 0.6 is 0 Å². The Morgan fingerprint density at radius 2 is 2.07 bits per heavy atom. The molecular formula is C11H17N3O. The zero-order valence-corrected chi connectivity index (χ0v) is 8.85. The molecule has 0 radical (unpaired) electrons. The van der Waals surface area contributed by atoms with Gasteiger partial charge in [0.1, 0.15) is 5.82 Å². The topological polar surface area (TPSA) is 60.9 Å². The maximum atomic E-state index is 11.5. The summed E-state index contributed by atoms with van der Waals surface area (Å²) in [7, 11) is 0. The highest BCUT2D eigenvalue weighted by molar-refractivity contribution is 5.23. The summed E-state index contributed by atoms with van der Waals surface area (Å²) in [6.45, 7) is 0.726. The number of aromatic nitrogens is 2. The Hall–Kier alpha value is -1.32. The lowest BCUT2D eigenvalue weighted by molar-refractivity contribution is 0.303. The van der Waals surface area contributed by atoms with E-state index in [0.29, 0.717) is 11.7 Å². The van der Waals surface area contributed by atoms with E-state index in [9.17, 15) is 4.79 Å². The van der Waals surface area contributed by atoms with Gasteiger partial charge in [-0.25, -0.2) is 4.68 Å². The van der Waals surface area contributed by atoms with Crippen LogP contribution in [-0.2, 0) is 6.54 Å². The second-order valence-electron chi connectivity index (χ2n) is 4.28. The number of nitrogen functional groups attached to an aromatic ring is 1. The molecule has 82 valence electrons. The van der Waals surface area contributed by atoms with Crippen LogP contribution in [0.2, 0.25) is 0 Å². The molecule has 1 fully saturated rings. The molecule has 15 heavy (non-hydrogen) atoms. The predicted molar refractivity (Wildman–Crippen MR) is 59.5 cm³/mol. The Balaban J connectivity index is 2.09. The first-order chi connectivity index (χ1) is 7.25. The van der Waals surface area contributed by atoms with Gasteiger partial charge in [0, 0.05) is 12.6 Å². The molecule has 0 aromatic carbocycles. The number of rotatable bonds is 2. The Morgan fingerprint density at radius 3 is 2.80 bits per heavy atom. The SMILES string of the molecule is Nc1ccc(=O)n(CC2CCCCC2)n1. The van der Waals surface area contributed by atoms with Crippen LogP contribution in [0.3, 0.4) is 0 Å². The van der Waals surface area contributed by atoms with Gasteiger partial charge in [0.05, 0.1) is 0 Å². The summed E-state index contributed by atoms with van der Waals surface area (Å²) in [6.07, 6.45) is 6.31. The molecule has 1 aromatic heterocycles. The molecule has 2 N–H and O–H groups in total. The van der Waals surface area contributed by atoms with Crippen molar-refractivity contribution in [3.63, 3.8) is 0 Å². The van der Waals surface area contributed by atoms with E-state index in [1.165, 1.54) is 42.9 Å². The van der Waals surface area contributed by atoms with Crippen molar-refractivity contribution in [2.24, 2.45) is 5.92 Å². The zero-order valence-electron chi connectivity index (χ0n) is 8.85. The van der Waals surface area contributed by atoms with Crippen molar-refractivity contribution in [2.45, 2.75) is 38.6 Å². The molecule has 1 aliphatic rings. The van der Waals surface area contributed by atoms with Gasteiger partial charge in [-0.2, -0.15) is 5.10 Å². The summed E-state index contributed by atoms with van der Waals surface area (Å²) in [5.41, 5.74) is 5.52. The normalized spacial score (nSPS) is 17.9. The monoisotopic (exact) mass is 207 g/mol. The van der Waals surface area contributed by atoms with Crippen molar-refractivity contribution in [3.8, 4) is 0 Å². The van der Waals surface area contributed by atoms with Crippen molar-refractivity contribution in [1.29, 1.82) is 0 Å². The minimum Gasteiger partial charge on any atom is -0.382 e. The van der Waals surface area contributed by atoms with Crippen molar-refractivity contribution in [2.75, 3.05) is 5.73 Å². The Bertz CT molecular complexity index is 380. The highest BCUT2D eigenvalue weighted by Crippen LogP contribution is 2.24. The lowest BCUT2D eigenvalue weighted by atomic mass is 9.89. The highest BCUT2D eigenvalue weighted by Gasteiger charge is 2.14. The van der Waals surface area contributed by atoms with E-state index in [1.807, 2.05) is 0 Å². The highest BCUT2D eigenvalue weighted by atomic mass is 16.1. The zero-order chi connectivity index (χ0) is 10.7. The molecular weight excluding hydrogens is 190 g/mol. The number of hydrogen-bond donors (Lipinski definition) is 1. The first kappa shape index (κ1) is 10.2. The van der Waals surface area contributed by atoms with E-state index >= 15 is 0 Å². The quantitative estimate of drug-likeness (QED) is 0.797. The minimum atomic E-state index is -0.0465. The first-order valence-corrected chi connectivity index (χ1v) is 5.59. The van der Waals surface area contributed by atoms with Gasteiger partial charge in [0.2, 0.25) is 0 Å². The smallest absolute Gasteiger partial charge is 0.266 e. The first-order valence-electron chi connectivity index (χ1n) is 5.59. The number of nitrogens with zero attached hydrogens (tertiary/aromatic N) is 2. The molecule has 1 heterocycles. The second-order valence-corrected chi connectivity index (χ2v) is 4.28. The molecule has 2 rings (SSSR count). The summed E-state index contributed by atoms with van der Waals surface area (Å²) in [6, 6.07) is 3.05. The van der Waals surface area contributed by atoms with Gasteiger partial charge in [-0.15, -0.1) is 0 Å². The second kappa shape index (κ2) is 4.47. The lowest BCUT2D eigenvalue weighted by Gasteiger charge is -2.21. The molecule has 0 saturated heterocycles. The molecule has 0 amide bonds. The van der Waals surface area contributed by atoms with Crippen LogP contribution < -0.4 is 11.3 Å². The average Bonchev–Trinajstić information content (AvgIpc) is 2.25. The molecule has 0 aliphatic heterocycles. The molecule has 1 saturated carbocycles. The maximum Gasteiger partial charge on any atom is 0.266 e. The van der Waals surface area contributed by atoms with E-state index in [4.69, 9.17) is 5.73 Å². The van der Waals surface area contributed by atoms with Gasteiger partial charge in [0.25, 0.3) is 5.56 Å². The van der Waals surface area contributed by atoms with Gasteiger partial charge in [-0.1, -0.05) is 19.3 Å². The summed E-state index contributed by atoms with van der Waals surface area (Å²) in [5.74, 6) is 1.02. The summed E-state index contributed by atoms with van der Waals surface area (Å²) in [4.78, 5) is 11.5. The van der Waals surface area contributed by atoms with E-state index in [1.54, 1.807) is 6.07 Å². The van der Waals surface area contributed by atoms with Crippen LogP contribution in [0, 0.1) is 5.92 Å². The summed E-state index contributed by atoms with van der Waals surface area (Å²) >= 11 is 0. The summed E-state index contributed by atoms with van der Waals surface area (Å²) < 4.78 is 1.51. The van der Waals surface area contributed by atoms with Crippen molar-refractivity contribution < 1.29 is 0 Å². The third-order valence-corrected chi connectivity index (χ3v) is 3.04. The minimum absolute atomic E-state index is 0.0465. The molecule has 0 bridgehead atoms. The average molecular weight is 207 g/mol. The molecule has 4 heteroatoms. The molecule has 0 spiro atoms. The molecule has 0 unspecified atom stereocenters. The van der Waals surface area contributed by atoms with Crippen LogP contribution in [0.1, 0.15) is 32.1 Å². The molecule has 0 atom stereocenters. The number of anilines is 1. The Labute approximate surface area is 89.1 Å². The molecule has 4 nitrogen and oxygen atoms in total. The fraction of sp³-hybridized carbons (Fsp3) is 0.636. The van der Waals surface area contributed by atoms with Gasteiger partial charge in [0.15, 0.2) is 0 Å². The molecule has 1 aromatic rings. The lowest BCUT2D eigenvalue weighted by Crippen LogP contribution is -2.27. The van der Waals surface area contributed by atoms with E-state index in [0.717, 1.165) is 6.54 Å². The fourth-order valence-corrected chi connectivity index (χ4v) is 2.21. The van der Waals surface area contributed by atoms with Crippen LogP contribution in [0.25, 0.3) is 0 Å². The maximum absolute atomic E-state index is 11.5. The number of nitrogens with two attached hydrogens (primary N) is 1. The number of hydrogen-bond acceptors (Lipinski definition) is 3. The van der Waals surface area contributed by atoms with Crippen molar-refractivity contribution in [1.82, 2.24) is 9.78 Å². The fourth-order valence-electron chi connectivity index (χ4n) is 2.21. The van der Waals surface area contributed by atoms with Gasteiger partial charge >= 0.3 is 0 Å². The van der Waals surface area contributed by atoms with Crippen molar-refractivity contribution in [3.05, 3.63) is 22.5 Å². The van der Waals surface area contributed by atoms with Crippen LogP contribution in [0.15, 0.2) is 16.9 Å². The Morgan fingerprint density at radius 1 is 1.33 bits per heavy atom. The third-order valence-electron chi connectivity index (χ3n) is 3.04. The van der Waals surface area contributed by atoms with Crippen molar-refractivity contribution >= 4 is 5.82 Å². The van der Waals surface area contributed by atoms with E-state index < -0.39 is 0 Å². The van der Waals surface area contributed by atoms with E-state index in [-0.39, 0.29) is 5.56 Å². The van der Waals surface area contributed by atoms with Crippen LogP contribution in [0.5, 0.6) is 0 Å². The largest absolute Gasteiger partial charge is 0.382 e. The Kier molecular flexibility index (Phi) is 3.04. The third kappa shape index (κ3) is 2.58. The van der Waals surface area contributed by atoms with Crippen LogP contribution in [-0.4, -0.2) is 9.78 Å². The summed E-state index contributed by atoms with van der Waals surface area (Å²) in [5, 5.41) is 4.05. The van der Waals surface area contributed by atoms with Gasteiger partial charge in [-0.05, 0) is 24.8 Å². The van der Waals surface area contributed by atoms with Gasteiger partial charge in [-0.3, -0.25) is 4.79 Å². The van der Waals surface area contributed by atoms with Gasteiger partial charge < -0.3 is 5.73 Å². The van der Waals surface area contributed by atoms with Crippen LogP contribution in [0.4, 0.5) is 5.82 Å².